The maximum Gasteiger partial charge on any atom is 0.147 e. The fourth-order valence-corrected chi connectivity index (χ4v) is 1.44. The van der Waals surface area contributed by atoms with Crippen LogP contribution in [0.2, 0.25) is 0 Å². The van der Waals surface area contributed by atoms with E-state index in [0.29, 0.717) is 12.3 Å². The molecule has 0 aliphatic heterocycles. The highest BCUT2D eigenvalue weighted by atomic mass is 16.1. The summed E-state index contributed by atoms with van der Waals surface area (Å²) in [4.78, 5) is 13.2. The molecular weight excluding hydrogens is 138 g/mol. The zero-order valence-corrected chi connectivity index (χ0v) is 7.47. The number of rotatable bonds is 4. The van der Waals surface area contributed by atoms with Crippen molar-refractivity contribution in [3.8, 4) is 0 Å². The fourth-order valence-electron chi connectivity index (χ4n) is 1.44. The molecule has 1 saturated carbocycles. The first-order valence-electron chi connectivity index (χ1n) is 4.35. The largest absolute Gasteiger partial charge is 0.302 e. The average molecular weight is 155 g/mol. The third-order valence-electron chi connectivity index (χ3n) is 2.23. The number of nitrogens with zero attached hydrogens (tertiary/aromatic N) is 1. The number of likely N-dealkylation sites (N-methyl/N-ethyl adjacent to an activating group) is 1. The van der Waals surface area contributed by atoms with Crippen molar-refractivity contribution in [3.05, 3.63) is 0 Å². The highest BCUT2D eigenvalue weighted by molar-refractivity contribution is 5.80. The molecule has 0 heterocycles. The average Bonchev–Trinajstić information content (AvgIpc) is 1.77. The molecule has 0 aromatic heterocycles. The zero-order chi connectivity index (χ0) is 8.27. The Hall–Kier alpha value is -0.370. The number of hydrogen-bond acceptors (Lipinski definition) is 2. The van der Waals surface area contributed by atoms with Crippen LogP contribution in [0.25, 0.3) is 0 Å². The van der Waals surface area contributed by atoms with Gasteiger partial charge in [0.05, 0.1) is 6.54 Å². The molecular formula is C9H17NO. The summed E-state index contributed by atoms with van der Waals surface area (Å²) in [6.07, 6.45) is 4.70. The summed E-state index contributed by atoms with van der Waals surface area (Å²) in [6.45, 7) is 0.622. The predicted octanol–water partition coefficient (Wildman–Crippen LogP) is 1.31. The van der Waals surface area contributed by atoms with Crippen LogP contribution in [0.4, 0.5) is 0 Å². The van der Waals surface area contributed by atoms with Gasteiger partial charge in [0.2, 0.25) is 0 Å². The maximum atomic E-state index is 11.2. The topological polar surface area (TPSA) is 20.3 Å². The second-order valence-electron chi connectivity index (χ2n) is 3.78. The molecule has 2 heteroatoms. The summed E-state index contributed by atoms with van der Waals surface area (Å²) in [7, 11) is 3.89. The lowest BCUT2D eigenvalue weighted by atomic mass is 9.82. The number of carbonyl (C=O) groups excluding carboxylic acids is 1. The number of hydrogen-bond donors (Lipinski definition) is 0. The van der Waals surface area contributed by atoms with Crippen molar-refractivity contribution >= 4 is 5.78 Å². The molecule has 0 atom stereocenters. The smallest absolute Gasteiger partial charge is 0.147 e. The van der Waals surface area contributed by atoms with Crippen LogP contribution in [0.5, 0.6) is 0 Å². The molecule has 0 aromatic carbocycles. The van der Waals surface area contributed by atoms with Gasteiger partial charge in [-0.3, -0.25) is 4.79 Å². The molecule has 0 saturated heterocycles. The molecule has 64 valence electrons. The van der Waals surface area contributed by atoms with Gasteiger partial charge in [0.1, 0.15) is 5.78 Å². The van der Waals surface area contributed by atoms with Gasteiger partial charge in [-0.25, -0.2) is 0 Å². The van der Waals surface area contributed by atoms with Crippen molar-refractivity contribution in [3.63, 3.8) is 0 Å². The van der Waals surface area contributed by atoms with Gasteiger partial charge in [-0.05, 0) is 20.0 Å². The summed E-state index contributed by atoms with van der Waals surface area (Å²) in [5.74, 6) is 1.13. The van der Waals surface area contributed by atoms with Crippen LogP contribution in [0.3, 0.4) is 0 Å². The first-order valence-corrected chi connectivity index (χ1v) is 4.35. The van der Waals surface area contributed by atoms with E-state index in [0.717, 1.165) is 12.3 Å². The van der Waals surface area contributed by atoms with Gasteiger partial charge in [-0.2, -0.15) is 0 Å². The second-order valence-corrected chi connectivity index (χ2v) is 3.78. The first-order chi connectivity index (χ1) is 5.18. The van der Waals surface area contributed by atoms with E-state index < -0.39 is 0 Å². The van der Waals surface area contributed by atoms with Crippen LogP contribution in [0, 0.1) is 5.92 Å². The molecule has 0 bridgehead atoms. The minimum Gasteiger partial charge on any atom is -0.302 e. The third kappa shape index (κ3) is 3.02. The van der Waals surface area contributed by atoms with Crippen LogP contribution in [-0.2, 0) is 4.79 Å². The molecule has 2 nitrogen and oxygen atoms in total. The highest BCUT2D eigenvalue weighted by Crippen LogP contribution is 2.29. The highest BCUT2D eigenvalue weighted by Gasteiger charge is 2.20. The van der Waals surface area contributed by atoms with E-state index in [-0.39, 0.29) is 0 Å². The SMILES string of the molecule is CN(C)CC(=O)CC1CCC1. The Bertz CT molecular complexity index is 138. The van der Waals surface area contributed by atoms with Gasteiger partial charge in [-0.15, -0.1) is 0 Å². The van der Waals surface area contributed by atoms with Crippen LogP contribution < -0.4 is 0 Å². The van der Waals surface area contributed by atoms with Crippen LogP contribution in [0.1, 0.15) is 25.7 Å². The summed E-state index contributed by atoms with van der Waals surface area (Å²) < 4.78 is 0. The van der Waals surface area contributed by atoms with E-state index in [9.17, 15) is 4.79 Å². The standard InChI is InChI=1S/C9H17NO/c1-10(2)7-9(11)6-8-4-3-5-8/h8H,3-7H2,1-2H3. The van der Waals surface area contributed by atoms with E-state index in [4.69, 9.17) is 0 Å². The fraction of sp³-hybridized carbons (Fsp3) is 0.889. The second kappa shape index (κ2) is 3.86. The Morgan fingerprint density at radius 2 is 2.09 bits per heavy atom. The number of carbonyl (C=O) groups is 1. The van der Waals surface area contributed by atoms with Crippen molar-refractivity contribution in [2.45, 2.75) is 25.7 Å². The van der Waals surface area contributed by atoms with E-state index >= 15 is 0 Å². The Morgan fingerprint density at radius 3 is 2.45 bits per heavy atom. The first kappa shape index (κ1) is 8.72. The van der Waals surface area contributed by atoms with Crippen molar-refractivity contribution in [2.75, 3.05) is 20.6 Å². The molecule has 11 heavy (non-hydrogen) atoms. The van der Waals surface area contributed by atoms with Gasteiger partial charge < -0.3 is 4.90 Å². The summed E-state index contributed by atoms with van der Waals surface area (Å²) >= 11 is 0. The third-order valence-corrected chi connectivity index (χ3v) is 2.23. The lowest BCUT2D eigenvalue weighted by molar-refractivity contribution is -0.121. The Balaban J connectivity index is 2.09. The molecule has 0 unspecified atom stereocenters. The van der Waals surface area contributed by atoms with Crippen molar-refractivity contribution in [1.29, 1.82) is 0 Å². The molecule has 0 spiro atoms. The van der Waals surface area contributed by atoms with Crippen molar-refractivity contribution < 1.29 is 4.79 Å². The number of ketones is 1. The van der Waals surface area contributed by atoms with Crippen LogP contribution in [0.15, 0.2) is 0 Å². The summed E-state index contributed by atoms with van der Waals surface area (Å²) in [6, 6.07) is 0. The van der Waals surface area contributed by atoms with Gasteiger partial charge in [-0.1, -0.05) is 19.3 Å². The van der Waals surface area contributed by atoms with E-state index in [1.54, 1.807) is 0 Å². The Kier molecular flexibility index (Phi) is 3.06. The predicted molar refractivity (Wildman–Crippen MR) is 45.5 cm³/mol. The van der Waals surface area contributed by atoms with E-state index in [1.165, 1.54) is 19.3 Å². The van der Waals surface area contributed by atoms with Crippen molar-refractivity contribution in [1.82, 2.24) is 4.90 Å². The Labute approximate surface area is 68.6 Å². The van der Waals surface area contributed by atoms with Gasteiger partial charge in [0, 0.05) is 6.42 Å². The molecule has 0 N–H and O–H groups in total. The molecule has 1 fully saturated rings. The summed E-state index contributed by atoms with van der Waals surface area (Å²) in [5, 5.41) is 0. The quantitative estimate of drug-likeness (QED) is 0.610. The van der Waals surface area contributed by atoms with E-state index in [1.807, 2.05) is 19.0 Å². The van der Waals surface area contributed by atoms with Crippen LogP contribution in [-0.4, -0.2) is 31.3 Å². The minimum atomic E-state index is 0.403. The van der Waals surface area contributed by atoms with Gasteiger partial charge in [0.25, 0.3) is 0 Å². The lowest BCUT2D eigenvalue weighted by Gasteiger charge is -2.24. The molecule has 1 rings (SSSR count). The van der Waals surface area contributed by atoms with E-state index in [2.05, 4.69) is 0 Å². The van der Waals surface area contributed by atoms with Gasteiger partial charge >= 0.3 is 0 Å². The van der Waals surface area contributed by atoms with Crippen molar-refractivity contribution in [2.24, 2.45) is 5.92 Å². The monoisotopic (exact) mass is 155 g/mol. The molecule has 0 radical (unpaired) electrons. The minimum absolute atomic E-state index is 0.403. The maximum absolute atomic E-state index is 11.2. The molecule has 0 aromatic rings. The lowest BCUT2D eigenvalue weighted by Crippen LogP contribution is -2.25. The Morgan fingerprint density at radius 1 is 1.45 bits per heavy atom. The summed E-state index contributed by atoms with van der Waals surface area (Å²) in [5.41, 5.74) is 0. The normalized spacial score (nSPS) is 18.5. The molecule has 1 aliphatic carbocycles. The molecule has 0 amide bonds. The number of Topliss-reactive ketones (excluding diaryl/α,β-unsaturated/α-hetero) is 1. The van der Waals surface area contributed by atoms with Gasteiger partial charge in [0.15, 0.2) is 0 Å². The molecule has 1 aliphatic rings. The van der Waals surface area contributed by atoms with Crippen LogP contribution >= 0.6 is 0 Å². The zero-order valence-electron chi connectivity index (χ0n) is 7.47.